The van der Waals surface area contributed by atoms with Crippen molar-refractivity contribution in [2.75, 3.05) is 0 Å². The van der Waals surface area contributed by atoms with Gasteiger partial charge in [0.2, 0.25) is 0 Å². The van der Waals surface area contributed by atoms with Crippen LogP contribution in [0.4, 0.5) is 0 Å². The van der Waals surface area contributed by atoms with Crippen molar-refractivity contribution in [3.8, 4) is 12.3 Å². The molecule has 4 aliphatic carbocycles. The Labute approximate surface area is 173 Å². The van der Waals surface area contributed by atoms with E-state index in [2.05, 4.69) is 37.1 Å². The third-order valence-corrected chi connectivity index (χ3v) is 8.83. The molecule has 0 saturated heterocycles. The predicted molar refractivity (Wildman–Crippen MR) is 112 cm³/mol. The molecule has 29 heavy (non-hydrogen) atoms. The quantitative estimate of drug-likeness (QED) is 0.560. The van der Waals surface area contributed by atoms with Crippen molar-refractivity contribution in [2.24, 2.45) is 17.3 Å². The fourth-order valence-corrected chi connectivity index (χ4v) is 7.33. The van der Waals surface area contributed by atoms with Crippen LogP contribution in [0.3, 0.4) is 0 Å². The number of hydrogen-bond donors (Lipinski definition) is 2. The maximum atomic E-state index is 12.2. The van der Waals surface area contributed by atoms with Gasteiger partial charge in [-0.1, -0.05) is 48.7 Å². The van der Waals surface area contributed by atoms with Gasteiger partial charge in [-0.25, -0.2) is 0 Å². The minimum absolute atomic E-state index is 0.135. The number of carbonyl (C=O) groups is 1. The molecule has 3 saturated carbocycles. The normalized spacial score (nSPS) is 43.9. The van der Waals surface area contributed by atoms with Crippen molar-refractivity contribution in [3.05, 3.63) is 47.0 Å². The van der Waals surface area contributed by atoms with Crippen molar-refractivity contribution < 1.29 is 15.0 Å². The Morgan fingerprint density at radius 3 is 2.59 bits per heavy atom. The minimum Gasteiger partial charge on any atom is -0.385 e. The monoisotopic (exact) mass is 390 g/mol. The molecule has 5 rings (SSSR count). The molecule has 3 fully saturated rings. The lowest BCUT2D eigenvalue weighted by Crippen LogP contribution is -2.53. The molecule has 1 aromatic rings. The summed E-state index contributed by atoms with van der Waals surface area (Å²) in [5.74, 6) is 3.72. The number of carbonyl (C=O) groups excluding carboxylic acids is 1. The van der Waals surface area contributed by atoms with Gasteiger partial charge in [-0.05, 0) is 61.5 Å². The fraction of sp³-hybridized carbons (Fsp3) is 0.577. The average molecular weight is 391 g/mol. The molecule has 2 N–H and O–H groups in total. The molecular weight excluding hydrogens is 360 g/mol. The van der Waals surface area contributed by atoms with E-state index in [0.29, 0.717) is 37.5 Å². The first-order chi connectivity index (χ1) is 13.8. The van der Waals surface area contributed by atoms with E-state index in [-0.39, 0.29) is 23.5 Å². The number of terminal acetylenes is 1. The summed E-state index contributed by atoms with van der Waals surface area (Å²) in [5, 5.41) is 22.8. The second kappa shape index (κ2) is 6.30. The maximum Gasteiger partial charge on any atom is 0.136 e. The first-order valence-corrected chi connectivity index (χ1v) is 11.0. The number of ketones is 1. The van der Waals surface area contributed by atoms with Crippen LogP contribution in [-0.4, -0.2) is 27.2 Å². The van der Waals surface area contributed by atoms with Crippen molar-refractivity contribution in [1.29, 1.82) is 0 Å². The number of Topliss-reactive ketones (excluding diaryl/α,β-unsaturated/α-hetero) is 1. The zero-order valence-corrected chi connectivity index (χ0v) is 17.2. The molecule has 152 valence electrons. The summed E-state index contributed by atoms with van der Waals surface area (Å²) < 4.78 is 0. The number of fused-ring (bicyclic) bond motifs is 4. The van der Waals surface area contributed by atoms with E-state index in [0.717, 1.165) is 24.8 Å². The van der Waals surface area contributed by atoms with Gasteiger partial charge in [-0.3, -0.25) is 4.79 Å². The molecule has 6 atom stereocenters. The molecule has 0 radical (unpaired) electrons. The van der Waals surface area contributed by atoms with E-state index in [1.165, 1.54) is 11.1 Å². The number of aliphatic hydroxyl groups is 2. The van der Waals surface area contributed by atoms with Crippen molar-refractivity contribution in [3.63, 3.8) is 0 Å². The summed E-state index contributed by atoms with van der Waals surface area (Å²) in [6.07, 6.45) is 11.2. The van der Waals surface area contributed by atoms with Crippen molar-refractivity contribution >= 4 is 5.78 Å². The van der Waals surface area contributed by atoms with E-state index >= 15 is 0 Å². The van der Waals surface area contributed by atoms with Crippen LogP contribution in [0.1, 0.15) is 69.8 Å². The fourth-order valence-electron chi connectivity index (χ4n) is 7.33. The van der Waals surface area contributed by atoms with Crippen LogP contribution in [0.2, 0.25) is 0 Å². The standard InChI is InChI=1S/C26H30O3/c1-3-26(29)14-12-21-19-11-13-25(28)15-18(27)9-10-22(25)23(19)20(16-24(21,26)2)17-7-5-4-6-8-17/h1,4-8,19-21,28-29H,9-16H2,2H3/t19-,20+,21-,24-,25+,26-/m0/s1. The summed E-state index contributed by atoms with van der Waals surface area (Å²) in [6.45, 7) is 2.19. The topological polar surface area (TPSA) is 57.5 Å². The number of rotatable bonds is 1. The zero-order valence-electron chi connectivity index (χ0n) is 17.2. The maximum absolute atomic E-state index is 12.2. The van der Waals surface area contributed by atoms with Gasteiger partial charge in [-0.2, -0.15) is 0 Å². The Hall–Kier alpha value is -1.89. The second-order valence-corrected chi connectivity index (χ2v) is 10.1. The van der Waals surface area contributed by atoms with E-state index in [1.54, 1.807) is 0 Å². The Kier molecular flexibility index (Phi) is 4.15. The Bertz CT molecular complexity index is 925. The van der Waals surface area contributed by atoms with Crippen LogP contribution in [0.15, 0.2) is 41.5 Å². The summed E-state index contributed by atoms with van der Waals surface area (Å²) in [6, 6.07) is 10.5. The molecule has 1 aromatic carbocycles. The van der Waals surface area contributed by atoms with Gasteiger partial charge >= 0.3 is 0 Å². The third kappa shape index (κ3) is 2.55. The lowest BCUT2D eigenvalue weighted by molar-refractivity contribution is -0.126. The van der Waals surface area contributed by atoms with Gasteiger partial charge in [0.25, 0.3) is 0 Å². The Morgan fingerprint density at radius 2 is 1.86 bits per heavy atom. The van der Waals surface area contributed by atoms with Gasteiger partial charge in [0.15, 0.2) is 0 Å². The van der Waals surface area contributed by atoms with Crippen molar-refractivity contribution in [1.82, 2.24) is 0 Å². The molecule has 4 aliphatic rings. The highest BCUT2D eigenvalue weighted by molar-refractivity contribution is 5.82. The highest BCUT2D eigenvalue weighted by Gasteiger charge is 2.63. The second-order valence-electron chi connectivity index (χ2n) is 10.1. The summed E-state index contributed by atoms with van der Waals surface area (Å²) in [7, 11) is 0. The molecule has 0 unspecified atom stereocenters. The van der Waals surface area contributed by atoms with E-state index in [1.807, 2.05) is 6.07 Å². The largest absolute Gasteiger partial charge is 0.385 e. The van der Waals surface area contributed by atoms with E-state index < -0.39 is 11.2 Å². The van der Waals surface area contributed by atoms with Gasteiger partial charge in [0.05, 0.1) is 5.60 Å². The van der Waals surface area contributed by atoms with Crippen LogP contribution in [0.25, 0.3) is 0 Å². The van der Waals surface area contributed by atoms with Gasteiger partial charge in [0, 0.05) is 24.2 Å². The van der Waals surface area contributed by atoms with E-state index in [4.69, 9.17) is 6.42 Å². The van der Waals surface area contributed by atoms with Gasteiger partial charge < -0.3 is 10.2 Å². The summed E-state index contributed by atoms with van der Waals surface area (Å²) in [5.41, 5.74) is 1.34. The smallest absolute Gasteiger partial charge is 0.136 e. The zero-order chi connectivity index (χ0) is 20.4. The molecule has 0 bridgehead atoms. The first kappa shape index (κ1) is 19.1. The highest BCUT2D eigenvalue weighted by atomic mass is 16.3. The van der Waals surface area contributed by atoms with Crippen LogP contribution < -0.4 is 0 Å². The Morgan fingerprint density at radius 1 is 1.10 bits per heavy atom. The molecule has 0 aliphatic heterocycles. The van der Waals surface area contributed by atoms with E-state index in [9.17, 15) is 15.0 Å². The minimum atomic E-state index is -1.07. The predicted octanol–water partition coefficient (Wildman–Crippen LogP) is 4.15. The van der Waals surface area contributed by atoms with Crippen LogP contribution in [0.5, 0.6) is 0 Å². The number of benzene rings is 1. The highest BCUT2D eigenvalue weighted by Crippen LogP contribution is 2.67. The van der Waals surface area contributed by atoms with Crippen LogP contribution in [-0.2, 0) is 4.79 Å². The molecule has 0 amide bonds. The molecular formula is C26H30O3. The lowest BCUT2D eigenvalue weighted by Gasteiger charge is -2.55. The summed E-state index contributed by atoms with van der Waals surface area (Å²) >= 11 is 0. The molecule has 3 heteroatoms. The average Bonchev–Trinajstić information content (AvgIpc) is 2.98. The number of allylic oxidation sites excluding steroid dienone is 1. The lowest BCUT2D eigenvalue weighted by atomic mass is 9.50. The van der Waals surface area contributed by atoms with Crippen LogP contribution >= 0.6 is 0 Å². The third-order valence-electron chi connectivity index (χ3n) is 8.83. The van der Waals surface area contributed by atoms with Crippen LogP contribution in [0, 0.1) is 29.6 Å². The SMILES string of the molecule is C#C[C@]1(O)CC[C@H]2[C@@H]3CC[C@@]4(O)CC(=O)CCC4=C3[C@@H](c3ccccc3)C[C@@]21C. The summed E-state index contributed by atoms with van der Waals surface area (Å²) in [4.78, 5) is 12.2. The molecule has 0 spiro atoms. The molecule has 0 aromatic heterocycles. The van der Waals surface area contributed by atoms with Gasteiger partial charge in [0.1, 0.15) is 11.4 Å². The Balaban J connectivity index is 1.70. The molecule has 3 nitrogen and oxygen atoms in total. The molecule has 0 heterocycles. The van der Waals surface area contributed by atoms with Crippen molar-refractivity contribution in [2.45, 2.75) is 75.4 Å². The number of hydrogen-bond acceptors (Lipinski definition) is 3. The van der Waals surface area contributed by atoms with Gasteiger partial charge in [-0.15, -0.1) is 6.42 Å². The first-order valence-electron chi connectivity index (χ1n) is 11.0.